The van der Waals surface area contributed by atoms with Crippen molar-refractivity contribution in [1.29, 1.82) is 0 Å². The molecule has 0 spiro atoms. The minimum atomic E-state index is -1.55. The molecule has 1 heterocycles. The largest absolute Gasteiger partial charge is 0.464 e. The normalized spacial score (nSPS) is 16.0. The van der Waals surface area contributed by atoms with Gasteiger partial charge in [0.25, 0.3) is 11.8 Å². The third-order valence-electron chi connectivity index (χ3n) is 1.55. The summed E-state index contributed by atoms with van der Waals surface area (Å²) in [5.41, 5.74) is 0.155. The molecule has 0 aromatic rings. The zero-order valence-electron chi connectivity index (χ0n) is 6.69. The van der Waals surface area contributed by atoms with Gasteiger partial charge in [-0.1, -0.05) is 6.08 Å². The Bertz CT molecular complexity index is 329. The van der Waals surface area contributed by atoms with E-state index < -0.39 is 17.9 Å². The fourth-order valence-corrected chi connectivity index (χ4v) is 1.00. The monoisotopic (exact) mass is 181 g/mol. The second-order valence-corrected chi connectivity index (χ2v) is 2.42. The van der Waals surface area contributed by atoms with Gasteiger partial charge < -0.3 is 5.11 Å². The van der Waals surface area contributed by atoms with Crippen LogP contribution in [0, 0.1) is 0 Å². The van der Waals surface area contributed by atoms with Gasteiger partial charge in [-0.15, -0.1) is 6.58 Å². The van der Waals surface area contributed by atoms with Crippen LogP contribution in [-0.2, 0) is 9.59 Å². The molecule has 0 radical (unpaired) electrons. The Kier molecular flexibility index (Phi) is 2.27. The standard InChI is InChI=1S/C8H7NO4/c1-2-3-5-4-6(10)9(7(5)11)8(12)13/h2,4H,1,3H2,(H,12,13). The van der Waals surface area contributed by atoms with Crippen molar-refractivity contribution >= 4 is 17.9 Å². The maximum atomic E-state index is 11.2. The third-order valence-corrected chi connectivity index (χ3v) is 1.55. The summed E-state index contributed by atoms with van der Waals surface area (Å²) in [6.07, 6.45) is 1.10. The SMILES string of the molecule is C=CCC1=CC(=O)N(C(=O)O)C1=O. The van der Waals surface area contributed by atoms with Crippen molar-refractivity contribution in [2.24, 2.45) is 0 Å². The highest BCUT2D eigenvalue weighted by Gasteiger charge is 2.35. The second-order valence-electron chi connectivity index (χ2n) is 2.42. The van der Waals surface area contributed by atoms with E-state index >= 15 is 0 Å². The highest BCUT2D eigenvalue weighted by molar-refractivity contribution is 6.23. The van der Waals surface area contributed by atoms with Crippen LogP contribution in [0.3, 0.4) is 0 Å². The number of rotatable bonds is 2. The molecule has 0 aliphatic carbocycles. The molecule has 5 heteroatoms. The fraction of sp³-hybridized carbons (Fsp3) is 0.125. The van der Waals surface area contributed by atoms with E-state index in [1.807, 2.05) is 0 Å². The number of carbonyl (C=O) groups excluding carboxylic acids is 2. The Morgan fingerprint density at radius 3 is 2.62 bits per heavy atom. The maximum absolute atomic E-state index is 11.2. The van der Waals surface area contributed by atoms with Gasteiger partial charge in [0.1, 0.15) is 0 Å². The van der Waals surface area contributed by atoms with Crippen molar-refractivity contribution in [1.82, 2.24) is 4.90 Å². The van der Waals surface area contributed by atoms with Crippen molar-refractivity contribution in [2.75, 3.05) is 0 Å². The molecule has 5 nitrogen and oxygen atoms in total. The maximum Gasteiger partial charge on any atom is 0.421 e. The topological polar surface area (TPSA) is 74.7 Å². The van der Waals surface area contributed by atoms with Crippen LogP contribution in [0.5, 0.6) is 0 Å². The first-order valence-corrected chi connectivity index (χ1v) is 3.50. The molecule has 1 rings (SSSR count). The van der Waals surface area contributed by atoms with E-state index in [1.54, 1.807) is 0 Å². The van der Waals surface area contributed by atoms with Crippen molar-refractivity contribution < 1.29 is 19.5 Å². The molecular weight excluding hydrogens is 174 g/mol. The molecule has 3 amide bonds. The lowest BCUT2D eigenvalue weighted by atomic mass is 10.2. The average Bonchev–Trinajstić information content (AvgIpc) is 2.28. The summed E-state index contributed by atoms with van der Waals surface area (Å²) in [7, 11) is 0. The third kappa shape index (κ3) is 1.48. The van der Waals surface area contributed by atoms with Crippen LogP contribution in [0.15, 0.2) is 24.3 Å². The lowest BCUT2D eigenvalue weighted by Crippen LogP contribution is -2.35. The molecule has 68 valence electrons. The predicted molar refractivity (Wildman–Crippen MR) is 42.8 cm³/mol. The molecule has 0 aromatic heterocycles. The zero-order chi connectivity index (χ0) is 10.0. The van der Waals surface area contributed by atoms with Gasteiger partial charge in [0.05, 0.1) is 0 Å². The fourth-order valence-electron chi connectivity index (χ4n) is 1.00. The minimum Gasteiger partial charge on any atom is -0.464 e. The molecule has 0 aromatic carbocycles. The van der Waals surface area contributed by atoms with Gasteiger partial charge in [-0.05, 0) is 6.42 Å². The summed E-state index contributed by atoms with van der Waals surface area (Å²) in [5, 5.41) is 8.47. The van der Waals surface area contributed by atoms with Crippen molar-refractivity contribution in [3.63, 3.8) is 0 Å². The molecule has 1 aliphatic heterocycles. The van der Waals surface area contributed by atoms with Crippen molar-refractivity contribution in [3.05, 3.63) is 24.3 Å². The molecule has 0 saturated heterocycles. The van der Waals surface area contributed by atoms with Gasteiger partial charge in [0.15, 0.2) is 0 Å². The first-order chi connectivity index (χ1) is 6.07. The lowest BCUT2D eigenvalue weighted by molar-refractivity contribution is -0.134. The number of carboxylic acid groups (broad SMARTS) is 1. The molecule has 0 atom stereocenters. The molecule has 1 N–H and O–H groups in total. The molecule has 1 aliphatic rings. The van der Waals surface area contributed by atoms with Crippen LogP contribution in [0.4, 0.5) is 4.79 Å². The van der Waals surface area contributed by atoms with Crippen LogP contribution in [0.25, 0.3) is 0 Å². The molecule has 13 heavy (non-hydrogen) atoms. The number of carbonyl (C=O) groups is 3. The predicted octanol–water partition coefficient (Wildman–Crippen LogP) is 0.536. The quantitative estimate of drug-likeness (QED) is 0.498. The van der Waals surface area contributed by atoms with Gasteiger partial charge in [0.2, 0.25) is 0 Å². The Morgan fingerprint density at radius 2 is 2.23 bits per heavy atom. The summed E-state index contributed by atoms with van der Waals surface area (Å²) >= 11 is 0. The molecule has 0 bridgehead atoms. The van der Waals surface area contributed by atoms with E-state index in [2.05, 4.69) is 6.58 Å². The van der Waals surface area contributed by atoms with Crippen LogP contribution in [0.2, 0.25) is 0 Å². The van der Waals surface area contributed by atoms with Gasteiger partial charge in [-0.3, -0.25) is 9.59 Å². The Morgan fingerprint density at radius 1 is 1.62 bits per heavy atom. The van der Waals surface area contributed by atoms with Gasteiger partial charge in [-0.25, -0.2) is 4.79 Å². The molecule has 0 unspecified atom stereocenters. The van der Waals surface area contributed by atoms with E-state index in [9.17, 15) is 14.4 Å². The zero-order valence-corrected chi connectivity index (χ0v) is 6.69. The molecule has 0 saturated carbocycles. The van der Waals surface area contributed by atoms with Crippen molar-refractivity contribution in [3.8, 4) is 0 Å². The molecule has 0 fully saturated rings. The van der Waals surface area contributed by atoms with Gasteiger partial charge in [0, 0.05) is 11.6 Å². The highest BCUT2D eigenvalue weighted by Crippen LogP contribution is 2.15. The average molecular weight is 181 g/mol. The van der Waals surface area contributed by atoms with Gasteiger partial charge in [-0.2, -0.15) is 4.90 Å². The Labute approximate surface area is 73.9 Å². The van der Waals surface area contributed by atoms with Gasteiger partial charge >= 0.3 is 6.09 Å². The number of amides is 3. The first-order valence-electron chi connectivity index (χ1n) is 3.50. The highest BCUT2D eigenvalue weighted by atomic mass is 16.4. The minimum absolute atomic E-state index is 0.155. The second kappa shape index (κ2) is 3.22. The Balaban J connectivity index is 2.92. The number of imide groups is 3. The number of allylic oxidation sites excluding steroid dienone is 1. The molecular formula is C8H7NO4. The summed E-state index contributed by atoms with van der Waals surface area (Å²) in [6, 6.07) is 0. The van der Waals surface area contributed by atoms with Crippen molar-refractivity contribution in [2.45, 2.75) is 6.42 Å². The van der Waals surface area contributed by atoms with E-state index in [-0.39, 0.29) is 16.9 Å². The van der Waals surface area contributed by atoms with Crippen LogP contribution in [0.1, 0.15) is 6.42 Å². The summed E-state index contributed by atoms with van der Waals surface area (Å²) < 4.78 is 0. The van der Waals surface area contributed by atoms with E-state index in [1.165, 1.54) is 6.08 Å². The van der Waals surface area contributed by atoms with E-state index in [0.29, 0.717) is 0 Å². The number of nitrogens with zero attached hydrogens (tertiary/aromatic N) is 1. The first kappa shape index (κ1) is 9.18. The van der Waals surface area contributed by atoms with E-state index in [4.69, 9.17) is 5.11 Å². The summed E-state index contributed by atoms with van der Waals surface area (Å²) in [5.74, 6) is -1.59. The van der Waals surface area contributed by atoms with Crippen LogP contribution in [-0.4, -0.2) is 27.9 Å². The Hall–Kier alpha value is -1.91. The summed E-state index contributed by atoms with van der Waals surface area (Å²) in [4.78, 5) is 32.7. The van der Waals surface area contributed by atoms with Crippen LogP contribution >= 0.6 is 0 Å². The summed E-state index contributed by atoms with van der Waals surface area (Å²) in [6.45, 7) is 3.38. The smallest absolute Gasteiger partial charge is 0.421 e. The number of hydrogen-bond acceptors (Lipinski definition) is 3. The lowest BCUT2D eigenvalue weighted by Gasteiger charge is -2.06. The van der Waals surface area contributed by atoms with E-state index in [0.717, 1.165) is 6.08 Å². The number of hydrogen-bond donors (Lipinski definition) is 1. The van der Waals surface area contributed by atoms with Crippen LogP contribution < -0.4 is 0 Å².